The van der Waals surface area contributed by atoms with Crippen LogP contribution in [0.1, 0.15) is 25.0 Å². The van der Waals surface area contributed by atoms with Crippen LogP contribution in [0.2, 0.25) is 5.02 Å². The van der Waals surface area contributed by atoms with Crippen molar-refractivity contribution < 1.29 is 23.4 Å². The van der Waals surface area contributed by atoms with Crippen molar-refractivity contribution >= 4 is 29.5 Å². The highest BCUT2D eigenvalue weighted by Gasteiger charge is 2.24. The Morgan fingerprint density at radius 1 is 1.22 bits per heavy atom. The van der Waals surface area contributed by atoms with E-state index in [1.54, 1.807) is 12.1 Å². The van der Waals surface area contributed by atoms with Crippen LogP contribution < -0.4 is 9.47 Å². The molecule has 2 aromatic rings. The number of hydrogen-bond acceptors (Lipinski definition) is 5. The molecule has 0 atom stereocenters. The van der Waals surface area contributed by atoms with Gasteiger partial charge < -0.3 is 14.2 Å². The fraction of sp³-hybridized carbons (Fsp3) is 0.200. The fourth-order valence-corrected chi connectivity index (χ4v) is 2.72. The van der Waals surface area contributed by atoms with Crippen molar-refractivity contribution in [1.29, 1.82) is 0 Å². The minimum atomic E-state index is -0.605. The van der Waals surface area contributed by atoms with Gasteiger partial charge in [-0.3, -0.25) is 0 Å². The second-order valence-corrected chi connectivity index (χ2v) is 6.45. The summed E-state index contributed by atoms with van der Waals surface area (Å²) in [7, 11) is 1.50. The molecule has 0 bridgehead atoms. The number of nitrogens with zero attached hydrogens (tertiary/aromatic N) is 1. The van der Waals surface area contributed by atoms with Crippen molar-refractivity contribution in [2.75, 3.05) is 7.11 Å². The van der Waals surface area contributed by atoms with Crippen LogP contribution in [0.4, 0.5) is 4.39 Å². The van der Waals surface area contributed by atoms with Crippen LogP contribution in [0.15, 0.2) is 47.1 Å². The van der Waals surface area contributed by atoms with Crippen LogP contribution in [-0.2, 0) is 9.53 Å². The molecule has 2 aromatic carbocycles. The third-order valence-electron chi connectivity index (χ3n) is 3.62. The molecule has 0 spiro atoms. The van der Waals surface area contributed by atoms with Gasteiger partial charge in [0.05, 0.1) is 18.2 Å². The number of cyclic esters (lactones) is 1. The molecule has 1 heterocycles. The maximum absolute atomic E-state index is 13.0. The van der Waals surface area contributed by atoms with Gasteiger partial charge in [0.25, 0.3) is 0 Å². The summed E-state index contributed by atoms with van der Waals surface area (Å²) >= 11 is 6.30. The quantitative estimate of drug-likeness (QED) is 0.553. The van der Waals surface area contributed by atoms with E-state index in [0.29, 0.717) is 27.6 Å². The molecule has 27 heavy (non-hydrogen) atoms. The Kier molecular flexibility index (Phi) is 5.46. The molecular weight excluding hydrogens is 373 g/mol. The topological polar surface area (TPSA) is 57.1 Å². The minimum Gasteiger partial charge on any atom is -0.493 e. The van der Waals surface area contributed by atoms with E-state index >= 15 is 0 Å². The lowest BCUT2D eigenvalue weighted by Gasteiger charge is -2.15. The summed E-state index contributed by atoms with van der Waals surface area (Å²) in [4.78, 5) is 16.3. The summed E-state index contributed by atoms with van der Waals surface area (Å²) in [6, 6.07) is 8.85. The highest BCUT2D eigenvalue weighted by atomic mass is 35.5. The number of carbonyl (C=O) groups excluding carboxylic acids is 1. The molecule has 0 saturated heterocycles. The number of benzene rings is 2. The molecule has 0 radical (unpaired) electrons. The molecule has 0 aliphatic carbocycles. The molecule has 5 nitrogen and oxygen atoms in total. The van der Waals surface area contributed by atoms with Gasteiger partial charge in [0.15, 0.2) is 17.2 Å². The lowest BCUT2D eigenvalue weighted by atomic mass is 10.1. The highest BCUT2D eigenvalue weighted by molar-refractivity contribution is 6.32. The Labute approximate surface area is 161 Å². The molecule has 0 N–H and O–H groups in total. The van der Waals surface area contributed by atoms with Gasteiger partial charge >= 0.3 is 5.97 Å². The highest BCUT2D eigenvalue weighted by Crippen LogP contribution is 2.38. The monoisotopic (exact) mass is 389 g/mol. The zero-order chi connectivity index (χ0) is 19.6. The predicted molar refractivity (Wildman–Crippen MR) is 101 cm³/mol. The first-order valence-electron chi connectivity index (χ1n) is 8.20. The molecule has 140 valence electrons. The zero-order valence-corrected chi connectivity index (χ0v) is 15.7. The van der Waals surface area contributed by atoms with E-state index in [1.165, 1.54) is 37.5 Å². The summed E-state index contributed by atoms with van der Waals surface area (Å²) < 4.78 is 29.2. The number of esters is 1. The van der Waals surface area contributed by atoms with Crippen molar-refractivity contribution in [3.05, 3.63) is 64.1 Å². The standard InChI is InChI=1S/C20H17ClFNO4/c1-11(2)26-18-15(21)8-12(10-17(18)25-3)9-16-20(24)27-19(23-16)13-4-6-14(22)7-5-13/h4-11H,1-3H3/b16-9+. The molecule has 0 aromatic heterocycles. The third-order valence-corrected chi connectivity index (χ3v) is 3.90. The van der Waals surface area contributed by atoms with Gasteiger partial charge in [-0.15, -0.1) is 0 Å². The molecule has 7 heteroatoms. The first kappa shape index (κ1) is 18.9. The van der Waals surface area contributed by atoms with Crippen LogP contribution in [0.3, 0.4) is 0 Å². The van der Waals surface area contributed by atoms with Gasteiger partial charge in [0, 0.05) is 5.56 Å². The number of ether oxygens (including phenoxy) is 3. The number of halogens is 2. The summed E-state index contributed by atoms with van der Waals surface area (Å²) in [6.45, 7) is 3.76. The summed E-state index contributed by atoms with van der Waals surface area (Å²) in [5.41, 5.74) is 1.21. The Morgan fingerprint density at radius 2 is 1.93 bits per heavy atom. The largest absolute Gasteiger partial charge is 0.493 e. The second-order valence-electron chi connectivity index (χ2n) is 6.04. The molecule has 1 aliphatic rings. The Hall–Kier alpha value is -2.86. The maximum atomic E-state index is 13.0. The molecule has 0 unspecified atom stereocenters. The smallest absolute Gasteiger partial charge is 0.363 e. The number of methoxy groups -OCH3 is 1. The Balaban J connectivity index is 1.95. The zero-order valence-electron chi connectivity index (χ0n) is 15.0. The number of rotatable bonds is 5. The second kappa shape index (κ2) is 7.80. The van der Waals surface area contributed by atoms with Crippen molar-refractivity contribution in [3.8, 4) is 11.5 Å². The number of hydrogen-bond donors (Lipinski definition) is 0. The predicted octanol–water partition coefficient (Wildman–Crippen LogP) is 4.62. The SMILES string of the molecule is COc1cc(/C=C2/N=C(c3ccc(F)cc3)OC2=O)cc(Cl)c1OC(C)C. The van der Waals surface area contributed by atoms with Crippen molar-refractivity contribution in [2.45, 2.75) is 20.0 Å². The first-order chi connectivity index (χ1) is 12.9. The van der Waals surface area contributed by atoms with E-state index in [1.807, 2.05) is 13.8 Å². The third kappa shape index (κ3) is 4.28. The van der Waals surface area contributed by atoms with Crippen LogP contribution >= 0.6 is 11.6 Å². The lowest BCUT2D eigenvalue weighted by molar-refractivity contribution is -0.129. The summed E-state index contributed by atoms with van der Waals surface area (Å²) in [5.74, 6) is -0.00107. The van der Waals surface area contributed by atoms with Crippen molar-refractivity contribution in [2.24, 2.45) is 4.99 Å². The van der Waals surface area contributed by atoms with E-state index in [9.17, 15) is 9.18 Å². The fourth-order valence-electron chi connectivity index (χ4n) is 2.46. The van der Waals surface area contributed by atoms with Gasteiger partial charge in [-0.1, -0.05) is 11.6 Å². The minimum absolute atomic E-state index is 0.0757. The molecule has 0 saturated carbocycles. The van der Waals surface area contributed by atoms with Gasteiger partial charge in [-0.25, -0.2) is 14.2 Å². The van der Waals surface area contributed by atoms with E-state index in [4.69, 9.17) is 25.8 Å². The average Bonchev–Trinajstić information content (AvgIpc) is 2.98. The van der Waals surface area contributed by atoms with Crippen LogP contribution in [-0.4, -0.2) is 25.1 Å². The van der Waals surface area contributed by atoms with Gasteiger partial charge in [-0.2, -0.15) is 0 Å². The van der Waals surface area contributed by atoms with E-state index in [-0.39, 0.29) is 23.5 Å². The van der Waals surface area contributed by atoms with Gasteiger partial charge in [0.2, 0.25) is 5.90 Å². The average molecular weight is 390 g/mol. The van der Waals surface area contributed by atoms with Crippen molar-refractivity contribution in [1.82, 2.24) is 0 Å². The normalized spacial score (nSPS) is 15.1. The molecular formula is C20H17ClFNO4. The van der Waals surface area contributed by atoms with Crippen LogP contribution in [0, 0.1) is 5.82 Å². The van der Waals surface area contributed by atoms with Gasteiger partial charge in [0.1, 0.15) is 5.82 Å². The lowest BCUT2D eigenvalue weighted by Crippen LogP contribution is -2.07. The molecule has 3 rings (SSSR count). The van der Waals surface area contributed by atoms with Crippen molar-refractivity contribution in [3.63, 3.8) is 0 Å². The Bertz CT molecular complexity index is 936. The molecule has 1 aliphatic heterocycles. The molecule has 0 amide bonds. The Morgan fingerprint density at radius 3 is 2.56 bits per heavy atom. The van der Waals surface area contributed by atoms with Gasteiger partial charge in [-0.05, 0) is 61.9 Å². The van der Waals surface area contributed by atoms with Crippen LogP contribution in [0.5, 0.6) is 11.5 Å². The first-order valence-corrected chi connectivity index (χ1v) is 8.58. The van der Waals surface area contributed by atoms with E-state index < -0.39 is 5.97 Å². The summed E-state index contributed by atoms with van der Waals surface area (Å²) in [6.07, 6.45) is 1.46. The molecule has 0 fully saturated rings. The number of aliphatic imine (C=N–C) groups is 1. The number of carbonyl (C=O) groups is 1. The summed E-state index contributed by atoms with van der Waals surface area (Å²) in [5, 5.41) is 0.351. The maximum Gasteiger partial charge on any atom is 0.363 e. The van der Waals surface area contributed by atoms with E-state index in [2.05, 4.69) is 4.99 Å². The van der Waals surface area contributed by atoms with Crippen LogP contribution in [0.25, 0.3) is 6.08 Å². The van der Waals surface area contributed by atoms with E-state index in [0.717, 1.165) is 0 Å².